The Morgan fingerprint density at radius 3 is 2.32 bits per heavy atom. The summed E-state index contributed by atoms with van der Waals surface area (Å²) in [6.45, 7) is 5.29. The average Bonchev–Trinajstić information content (AvgIpc) is 2.33. The third kappa shape index (κ3) is 6.79. The number of alkyl halides is 3. The second-order valence-electron chi connectivity index (χ2n) is 5.42. The average molecular weight is 335 g/mol. The molecule has 0 unspecified atom stereocenters. The fourth-order valence-corrected chi connectivity index (χ4v) is 1.95. The molecule has 0 radical (unpaired) electrons. The first-order chi connectivity index (χ1) is 9.97. The summed E-state index contributed by atoms with van der Waals surface area (Å²) in [5.74, 6) is -0.691. The molecule has 122 valence electrons. The molecule has 1 rings (SSSR count). The van der Waals surface area contributed by atoms with Crippen LogP contribution in [0.4, 0.5) is 18.0 Å². The number of aromatic nitrogens is 1. The third-order valence-corrected chi connectivity index (χ3v) is 3.10. The number of thioether (sulfide) groups is 1. The molecule has 0 fully saturated rings. The molecule has 0 saturated heterocycles. The summed E-state index contributed by atoms with van der Waals surface area (Å²) in [4.78, 5) is 26.6. The van der Waals surface area contributed by atoms with Gasteiger partial charge in [0.05, 0.1) is 16.3 Å². The van der Waals surface area contributed by atoms with Gasteiger partial charge in [-0.3, -0.25) is 10.1 Å². The van der Waals surface area contributed by atoms with Gasteiger partial charge in [-0.05, 0) is 32.9 Å². The predicted octanol–water partition coefficient (Wildman–Crippen LogP) is 2.82. The van der Waals surface area contributed by atoms with E-state index in [1.807, 2.05) is 0 Å². The lowest BCUT2D eigenvalue weighted by molar-refractivity contribution is -0.137. The van der Waals surface area contributed by atoms with E-state index < -0.39 is 29.2 Å². The molecule has 0 aliphatic rings. The minimum absolute atomic E-state index is 0.129. The van der Waals surface area contributed by atoms with Gasteiger partial charge in [0.15, 0.2) is 0 Å². The molecule has 0 aromatic carbocycles. The molecule has 9 heteroatoms. The molecule has 1 aromatic rings. The zero-order chi connectivity index (χ0) is 17.0. The van der Waals surface area contributed by atoms with E-state index in [1.54, 1.807) is 20.8 Å². The van der Waals surface area contributed by atoms with E-state index in [4.69, 9.17) is 0 Å². The highest BCUT2D eigenvalue weighted by Gasteiger charge is 2.30. The molecule has 1 heterocycles. The molecule has 0 spiro atoms. The lowest BCUT2D eigenvalue weighted by Crippen LogP contribution is -2.48. The van der Waals surface area contributed by atoms with Crippen molar-refractivity contribution in [1.29, 1.82) is 0 Å². The van der Waals surface area contributed by atoms with E-state index in [2.05, 4.69) is 15.6 Å². The highest BCUT2D eigenvalue weighted by molar-refractivity contribution is 7.99. The van der Waals surface area contributed by atoms with Crippen molar-refractivity contribution in [3.8, 4) is 0 Å². The number of hydrogen-bond donors (Lipinski definition) is 2. The van der Waals surface area contributed by atoms with Gasteiger partial charge in [0.2, 0.25) is 5.91 Å². The molecule has 0 aliphatic heterocycles. The second-order valence-corrected chi connectivity index (χ2v) is 6.42. The lowest BCUT2D eigenvalue weighted by atomic mass is 10.1. The van der Waals surface area contributed by atoms with Crippen molar-refractivity contribution in [1.82, 2.24) is 15.6 Å². The van der Waals surface area contributed by atoms with Gasteiger partial charge in [-0.1, -0.05) is 11.8 Å². The fourth-order valence-electron chi connectivity index (χ4n) is 1.31. The maximum absolute atomic E-state index is 12.4. The van der Waals surface area contributed by atoms with Crippen LogP contribution in [0.5, 0.6) is 0 Å². The molecule has 5 nitrogen and oxygen atoms in total. The van der Waals surface area contributed by atoms with Gasteiger partial charge in [0, 0.05) is 11.7 Å². The summed E-state index contributed by atoms with van der Waals surface area (Å²) in [7, 11) is 0. The van der Waals surface area contributed by atoms with Gasteiger partial charge < -0.3 is 5.32 Å². The quantitative estimate of drug-likeness (QED) is 0.833. The summed E-state index contributed by atoms with van der Waals surface area (Å²) in [5.41, 5.74) is -1.34. The van der Waals surface area contributed by atoms with Crippen LogP contribution in [-0.4, -0.2) is 28.2 Å². The van der Waals surface area contributed by atoms with Gasteiger partial charge in [-0.2, -0.15) is 13.2 Å². The normalized spacial score (nSPS) is 11.9. The van der Waals surface area contributed by atoms with Crippen LogP contribution in [0.1, 0.15) is 26.3 Å². The molecular formula is C13H16F3N3O2S. The topological polar surface area (TPSA) is 71.1 Å². The Morgan fingerprint density at radius 1 is 1.23 bits per heavy atom. The number of urea groups is 1. The van der Waals surface area contributed by atoms with Gasteiger partial charge in [0.25, 0.3) is 0 Å². The molecule has 2 N–H and O–H groups in total. The number of carbonyl (C=O) groups excluding carboxylic acids is 2. The number of halogens is 3. The minimum Gasteiger partial charge on any atom is -0.333 e. The maximum Gasteiger partial charge on any atom is 0.417 e. The molecule has 0 bridgehead atoms. The highest BCUT2D eigenvalue weighted by Crippen LogP contribution is 2.29. The number of nitrogens with zero attached hydrogens (tertiary/aromatic N) is 1. The molecule has 3 amide bonds. The van der Waals surface area contributed by atoms with E-state index in [9.17, 15) is 22.8 Å². The van der Waals surface area contributed by atoms with Crippen LogP contribution in [0.3, 0.4) is 0 Å². The molecule has 22 heavy (non-hydrogen) atoms. The van der Waals surface area contributed by atoms with Crippen LogP contribution in [-0.2, 0) is 11.0 Å². The van der Waals surface area contributed by atoms with Crippen molar-refractivity contribution < 1.29 is 22.8 Å². The van der Waals surface area contributed by atoms with E-state index >= 15 is 0 Å². The molecule has 0 atom stereocenters. The van der Waals surface area contributed by atoms with Gasteiger partial charge in [0.1, 0.15) is 0 Å². The van der Waals surface area contributed by atoms with E-state index in [1.165, 1.54) is 6.07 Å². The number of nitrogens with one attached hydrogen (secondary N) is 2. The monoisotopic (exact) mass is 335 g/mol. The second kappa shape index (κ2) is 6.99. The van der Waals surface area contributed by atoms with Crippen LogP contribution in [0.2, 0.25) is 0 Å². The SMILES string of the molecule is CC(C)(C)NC(=O)NC(=O)CSc1ccc(C(F)(F)F)cn1. The smallest absolute Gasteiger partial charge is 0.333 e. The fraction of sp³-hybridized carbons (Fsp3) is 0.462. The Bertz CT molecular complexity index is 539. The van der Waals surface area contributed by atoms with E-state index in [0.717, 1.165) is 17.8 Å². The van der Waals surface area contributed by atoms with Gasteiger partial charge in [-0.25, -0.2) is 9.78 Å². The first-order valence-electron chi connectivity index (χ1n) is 6.25. The Kier molecular flexibility index (Phi) is 5.81. The molecule has 0 saturated carbocycles. The van der Waals surface area contributed by atoms with Crippen LogP contribution in [0, 0.1) is 0 Å². The largest absolute Gasteiger partial charge is 0.417 e. The molecule has 0 aliphatic carbocycles. The van der Waals surface area contributed by atoms with E-state index in [-0.39, 0.29) is 10.8 Å². The van der Waals surface area contributed by atoms with Crippen molar-refractivity contribution in [2.75, 3.05) is 5.75 Å². The minimum atomic E-state index is -4.45. The Labute approximate surface area is 130 Å². The summed E-state index contributed by atoms with van der Waals surface area (Å²) in [6, 6.07) is 1.44. The summed E-state index contributed by atoms with van der Waals surface area (Å²) < 4.78 is 37.1. The summed E-state index contributed by atoms with van der Waals surface area (Å²) >= 11 is 0.937. The number of pyridine rings is 1. The van der Waals surface area contributed by atoms with Crippen LogP contribution >= 0.6 is 11.8 Å². The maximum atomic E-state index is 12.4. The number of hydrogen-bond acceptors (Lipinski definition) is 4. The lowest BCUT2D eigenvalue weighted by Gasteiger charge is -2.20. The zero-order valence-corrected chi connectivity index (χ0v) is 13.1. The third-order valence-electron chi connectivity index (χ3n) is 2.16. The number of imide groups is 1. The first-order valence-corrected chi connectivity index (χ1v) is 7.24. The van der Waals surface area contributed by atoms with Gasteiger partial charge in [-0.15, -0.1) is 0 Å². The van der Waals surface area contributed by atoms with Crippen molar-refractivity contribution >= 4 is 23.7 Å². The van der Waals surface area contributed by atoms with E-state index in [0.29, 0.717) is 6.20 Å². The van der Waals surface area contributed by atoms with Crippen molar-refractivity contribution in [2.24, 2.45) is 0 Å². The standard InChI is InChI=1S/C13H16F3N3O2S/c1-12(2,3)19-11(21)18-9(20)7-22-10-5-4-8(6-17-10)13(14,15)16/h4-6H,7H2,1-3H3,(H2,18,19,20,21). The van der Waals surface area contributed by atoms with Gasteiger partial charge >= 0.3 is 12.2 Å². The van der Waals surface area contributed by atoms with Crippen LogP contribution < -0.4 is 10.6 Å². The number of rotatable bonds is 3. The van der Waals surface area contributed by atoms with Crippen LogP contribution in [0.15, 0.2) is 23.4 Å². The molecular weight excluding hydrogens is 319 g/mol. The Balaban J connectivity index is 2.46. The summed E-state index contributed by atoms with van der Waals surface area (Å²) in [6.07, 6.45) is -3.74. The van der Waals surface area contributed by atoms with Crippen molar-refractivity contribution in [3.05, 3.63) is 23.9 Å². The van der Waals surface area contributed by atoms with Crippen molar-refractivity contribution in [2.45, 2.75) is 37.5 Å². The van der Waals surface area contributed by atoms with Crippen LogP contribution in [0.25, 0.3) is 0 Å². The zero-order valence-electron chi connectivity index (χ0n) is 12.2. The Morgan fingerprint density at radius 2 is 1.86 bits per heavy atom. The first kappa shape index (κ1) is 18.3. The number of carbonyl (C=O) groups is 2. The summed E-state index contributed by atoms with van der Waals surface area (Å²) in [5, 5.41) is 4.94. The van der Waals surface area contributed by atoms with Crippen molar-refractivity contribution in [3.63, 3.8) is 0 Å². The molecule has 1 aromatic heterocycles. The highest BCUT2D eigenvalue weighted by atomic mass is 32.2. The predicted molar refractivity (Wildman–Crippen MR) is 76.4 cm³/mol. The Hall–Kier alpha value is -1.77. The number of amides is 3.